The van der Waals surface area contributed by atoms with Gasteiger partial charge in [-0.25, -0.2) is 0 Å². The largest absolute Gasteiger partial charge is 0.325 e. The van der Waals surface area contributed by atoms with E-state index in [4.69, 9.17) is 5.73 Å². The molecule has 0 radical (unpaired) electrons. The monoisotopic (exact) mass is 241 g/mol. The summed E-state index contributed by atoms with van der Waals surface area (Å²) < 4.78 is 0. The lowest BCUT2D eigenvalue weighted by molar-refractivity contribution is 0.338. The quantitative estimate of drug-likeness (QED) is 0.489. The average Bonchev–Trinajstić information content (AvgIpc) is 2.26. The fourth-order valence-electron chi connectivity index (χ4n) is 2.51. The van der Waals surface area contributed by atoms with Crippen molar-refractivity contribution >= 4 is 0 Å². The van der Waals surface area contributed by atoms with Crippen LogP contribution in [0.5, 0.6) is 0 Å². The minimum Gasteiger partial charge on any atom is -0.325 e. The van der Waals surface area contributed by atoms with E-state index in [-0.39, 0.29) is 5.54 Å². The maximum atomic E-state index is 6.27. The third-order valence-corrected chi connectivity index (χ3v) is 3.83. The van der Waals surface area contributed by atoms with Crippen LogP contribution in [0.4, 0.5) is 0 Å². The Kier molecular flexibility index (Phi) is 9.91. The molecule has 104 valence electrons. The Morgan fingerprint density at radius 2 is 1.53 bits per heavy atom. The summed E-state index contributed by atoms with van der Waals surface area (Å²) in [5.74, 6) is 0.858. The molecule has 0 heterocycles. The van der Waals surface area contributed by atoms with E-state index in [1.54, 1.807) is 0 Å². The van der Waals surface area contributed by atoms with Gasteiger partial charge in [0.25, 0.3) is 0 Å². The molecule has 0 fully saturated rings. The second kappa shape index (κ2) is 9.94. The lowest BCUT2D eigenvalue weighted by atomic mass is 9.87. The molecule has 0 aromatic heterocycles. The summed E-state index contributed by atoms with van der Waals surface area (Å²) >= 11 is 0. The summed E-state index contributed by atoms with van der Waals surface area (Å²) in [6.45, 7) is 9.10. The molecule has 2 atom stereocenters. The second-order valence-corrected chi connectivity index (χ2v) is 6.25. The van der Waals surface area contributed by atoms with Gasteiger partial charge in [-0.1, -0.05) is 65.7 Å². The molecule has 1 heteroatoms. The summed E-state index contributed by atoms with van der Waals surface area (Å²) in [5.41, 5.74) is 6.34. The molecule has 0 aromatic rings. The molecule has 2 N–H and O–H groups in total. The van der Waals surface area contributed by atoms with Gasteiger partial charge in [-0.2, -0.15) is 0 Å². The van der Waals surface area contributed by atoms with Crippen LogP contribution in [0.3, 0.4) is 0 Å². The molecule has 0 spiro atoms. The van der Waals surface area contributed by atoms with Crippen LogP contribution in [0.25, 0.3) is 0 Å². The lowest BCUT2D eigenvalue weighted by Crippen LogP contribution is -2.36. The van der Waals surface area contributed by atoms with Gasteiger partial charge in [0.2, 0.25) is 0 Å². The first kappa shape index (κ1) is 17.0. The Morgan fingerprint density at radius 1 is 0.882 bits per heavy atom. The number of rotatable bonds is 11. The zero-order valence-electron chi connectivity index (χ0n) is 12.7. The number of hydrogen-bond donors (Lipinski definition) is 1. The Balaban J connectivity index is 3.48. The van der Waals surface area contributed by atoms with Gasteiger partial charge in [0.15, 0.2) is 0 Å². The zero-order chi connectivity index (χ0) is 13.1. The maximum Gasteiger partial charge on any atom is 0.0125 e. The van der Waals surface area contributed by atoms with Gasteiger partial charge in [-0.15, -0.1) is 0 Å². The molecule has 1 nitrogen and oxygen atoms in total. The van der Waals surface area contributed by atoms with Gasteiger partial charge in [0, 0.05) is 5.54 Å². The van der Waals surface area contributed by atoms with E-state index in [1.807, 2.05) is 0 Å². The summed E-state index contributed by atoms with van der Waals surface area (Å²) in [7, 11) is 0. The van der Waals surface area contributed by atoms with E-state index in [0.29, 0.717) is 0 Å². The standard InChI is InChI=1S/C16H35N/c1-5-7-8-9-10-11-15(3)12-14-16(4,17)13-6-2/h15H,5-14,17H2,1-4H3. The van der Waals surface area contributed by atoms with Crippen molar-refractivity contribution in [1.29, 1.82) is 0 Å². The van der Waals surface area contributed by atoms with Crippen LogP contribution in [0.2, 0.25) is 0 Å². The van der Waals surface area contributed by atoms with Gasteiger partial charge in [-0.3, -0.25) is 0 Å². The van der Waals surface area contributed by atoms with Crippen molar-refractivity contribution in [2.75, 3.05) is 0 Å². The van der Waals surface area contributed by atoms with Crippen LogP contribution in [0, 0.1) is 5.92 Å². The highest BCUT2D eigenvalue weighted by Crippen LogP contribution is 2.22. The van der Waals surface area contributed by atoms with E-state index in [1.165, 1.54) is 57.8 Å². The third-order valence-electron chi connectivity index (χ3n) is 3.83. The average molecular weight is 241 g/mol. The molecular weight excluding hydrogens is 206 g/mol. The molecule has 0 amide bonds. The van der Waals surface area contributed by atoms with E-state index < -0.39 is 0 Å². The topological polar surface area (TPSA) is 26.0 Å². The SMILES string of the molecule is CCCCCCCC(C)CCC(C)(N)CCC. The third kappa shape index (κ3) is 10.8. The van der Waals surface area contributed by atoms with Crippen molar-refractivity contribution < 1.29 is 0 Å². The molecule has 0 rings (SSSR count). The van der Waals surface area contributed by atoms with Crippen LogP contribution >= 0.6 is 0 Å². The zero-order valence-corrected chi connectivity index (χ0v) is 12.7. The summed E-state index contributed by atoms with van der Waals surface area (Å²) in [4.78, 5) is 0. The first-order chi connectivity index (χ1) is 8.02. The molecule has 0 aliphatic heterocycles. The predicted molar refractivity (Wildman–Crippen MR) is 79.3 cm³/mol. The normalized spacial score (nSPS) is 16.8. The molecule has 0 saturated carbocycles. The first-order valence-electron chi connectivity index (χ1n) is 7.80. The molecule has 0 saturated heterocycles. The molecule has 17 heavy (non-hydrogen) atoms. The minimum absolute atomic E-state index is 0.0746. The first-order valence-corrected chi connectivity index (χ1v) is 7.80. The van der Waals surface area contributed by atoms with Crippen molar-refractivity contribution in [3.63, 3.8) is 0 Å². The van der Waals surface area contributed by atoms with E-state index in [9.17, 15) is 0 Å². The highest BCUT2D eigenvalue weighted by Gasteiger charge is 2.17. The van der Waals surface area contributed by atoms with Crippen molar-refractivity contribution in [3.05, 3.63) is 0 Å². The summed E-state index contributed by atoms with van der Waals surface area (Å²) in [5, 5.41) is 0. The number of hydrogen-bond acceptors (Lipinski definition) is 1. The van der Waals surface area contributed by atoms with Gasteiger partial charge in [0.05, 0.1) is 0 Å². The number of nitrogens with two attached hydrogens (primary N) is 1. The van der Waals surface area contributed by atoms with Crippen molar-refractivity contribution in [2.24, 2.45) is 11.7 Å². The molecular formula is C16H35N. The van der Waals surface area contributed by atoms with E-state index >= 15 is 0 Å². The molecule has 0 aliphatic carbocycles. The summed E-state index contributed by atoms with van der Waals surface area (Å²) in [6.07, 6.45) is 13.3. The smallest absolute Gasteiger partial charge is 0.0125 e. The van der Waals surface area contributed by atoms with Crippen molar-refractivity contribution in [2.45, 2.75) is 97.4 Å². The molecule has 0 aliphatic rings. The fourth-order valence-corrected chi connectivity index (χ4v) is 2.51. The van der Waals surface area contributed by atoms with Crippen LogP contribution < -0.4 is 5.73 Å². The second-order valence-electron chi connectivity index (χ2n) is 6.25. The minimum atomic E-state index is 0.0746. The lowest BCUT2D eigenvalue weighted by Gasteiger charge is -2.25. The van der Waals surface area contributed by atoms with Crippen molar-refractivity contribution in [1.82, 2.24) is 0 Å². The molecule has 0 bridgehead atoms. The van der Waals surface area contributed by atoms with Gasteiger partial charge in [-0.05, 0) is 32.1 Å². The maximum absolute atomic E-state index is 6.27. The van der Waals surface area contributed by atoms with E-state index in [2.05, 4.69) is 27.7 Å². The van der Waals surface area contributed by atoms with Crippen LogP contribution in [0.15, 0.2) is 0 Å². The van der Waals surface area contributed by atoms with Gasteiger partial charge in [0.1, 0.15) is 0 Å². The summed E-state index contributed by atoms with van der Waals surface area (Å²) in [6, 6.07) is 0. The van der Waals surface area contributed by atoms with Gasteiger partial charge >= 0.3 is 0 Å². The highest BCUT2D eigenvalue weighted by molar-refractivity contribution is 4.78. The van der Waals surface area contributed by atoms with Crippen LogP contribution in [-0.2, 0) is 0 Å². The highest BCUT2D eigenvalue weighted by atomic mass is 14.7. The van der Waals surface area contributed by atoms with Crippen LogP contribution in [0.1, 0.15) is 91.9 Å². The molecule has 2 unspecified atom stereocenters. The van der Waals surface area contributed by atoms with Crippen molar-refractivity contribution in [3.8, 4) is 0 Å². The Bertz CT molecular complexity index is 163. The fraction of sp³-hybridized carbons (Fsp3) is 1.00. The number of unbranched alkanes of at least 4 members (excludes halogenated alkanes) is 4. The Hall–Kier alpha value is -0.0400. The van der Waals surface area contributed by atoms with Crippen LogP contribution in [-0.4, -0.2) is 5.54 Å². The molecule has 0 aromatic carbocycles. The van der Waals surface area contributed by atoms with Gasteiger partial charge < -0.3 is 5.73 Å². The predicted octanol–water partition coefficient (Wildman–Crippen LogP) is 5.28. The Labute approximate surface area is 110 Å². The van der Waals surface area contributed by atoms with E-state index in [0.717, 1.165) is 12.3 Å². The Morgan fingerprint density at radius 3 is 2.12 bits per heavy atom.